The van der Waals surface area contributed by atoms with Crippen molar-refractivity contribution in [1.82, 2.24) is 15.5 Å². The zero-order valence-corrected chi connectivity index (χ0v) is 16.2. The van der Waals surface area contributed by atoms with Crippen LogP contribution in [0.4, 0.5) is 0 Å². The molecule has 0 unspecified atom stereocenters. The van der Waals surface area contributed by atoms with E-state index in [-0.39, 0.29) is 23.7 Å². The molecule has 0 radical (unpaired) electrons. The predicted molar refractivity (Wildman–Crippen MR) is 110 cm³/mol. The number of benzene rings is 2. The summed E-state index contributed by atoms with van der Waals surface area (Å²) in [5.41, 5.74) is 9.45. The number of nitrogen functional groups attached to an aromatic ring is 1. The van der Waals surface area contributed by atoms with E-state index in [1.807, 2.05) is 24.3 Å². The van der Waals surface area contributed by atoms with Gasteiger partial charge >= 0.3 is 0 Å². The highest BCUT2D eigenvalue weighted by molar-refractivity contribution is 5.95. The Kier molecular flexibility index (Phi) is 5.31. The summed E-state index contributed by atoms with van der Waals surface area (Å²) in [7, 11) is 0. The fourth-order valence-corrected chi connectivity index (χ4v) is 3.86. The first kappa shape index (κ1) is 19.1. The Morgan fingerprint density at radius 3 is 2.52 bits per heavy atom. The highest BCUT2D eigenvalue weighted by atomic mass is 16.2. The van der Waals surface area contributed by atoms with Crippen LogP contribution in [0.5, 0.6) is 0 Å². The van der Waals surface area contributed by atoms with Crippen molar-refractivity contribution in [2.45, 2.75) is 38.0 Å². The molecule has 29 heavy (non-hydrogen) atoms. The first-order valence-electron chi connectivity index (χ1n) is 9.84. The van der Waals surface area contributed by atoms with E-state index < -0.39 is 6.04 Å². The number of carbonyl (C=O) groups is 2. The Hall–Kier alpha value is -3.19. The van der Waals surface area contributed by atoms with Crippen LogP contribution in [-0.2, 0) is 29.1 Å². The molecule has 2 aromatic rings. The summed E-state index contributed by atoms with van der Waals surface area (Å²) in [5, 5.41) is 13.6. The van der Waals surface area contributed by atoms with Crippen LogP contribution >= 0.6 is 0 Å². The van der Waals surface area contributed by atoms with Crippen molar-refractivity contribution in [3.05, 3.63) is 70.8 Å². The standard InChI is InChI=1S/C22H25N5O2/c23-20(24)15-7-5-14(6-8-15)12-26-21(28)19-9-10-27(19)22(29)18-11-16-3-1-2-4-17(16)13-25-18/h1-8,18-19,25H,9-13H2,(H3,23,24)(H,26,28)/t18-,19+/m1/s1. The first-order chi connectivity index (χ1) is 14.0. The molecule has 0 aliphatic carbocycles. The van der Waals surface area contributed by atoms with Gasteiger partial charge in [0.2, 0.25) is 11.8 Å². The minimum Gasteiger partial charge on any atom is -0.384 e. The predicted octanol–water partition coefficient (Wildman–Crippen LogP) is 0.902. The van der Waals surface area contributed by atoms with Crippen molar-refractivity contribution in [3.8, 4) is 0 Å². The lowest BCUT2D eigenvalue weighted by molar-refractivity contribution is -0.149. The van der Waals surface area contributed by atoms with Gasteiger partial charge < -0.3 is 21.3 Å². The number of hydrogen-bond acceptors (Lipinski definition) is 4. The van der Waals surface area contributed by atoms with Gasteiger partial charge in [-0.25, -0.2) is 0 Å². The Morgan fingerprint density at radius 2 is 1.86 bits per heavy atom. The molecule has 0 bridgehead atoms. The monoisotopic (exact) mass is 391 g/mol. The maximum Gasteiger partial charge on any atom is 0.243 e. The highest BCUT2D eigenvalue weighted by Gasteiger charge is 2.40. The van der Waals surface area contributed by atoms with E-state index in [0.29, 0.717) is 38.0 Å². The second-order valence-electron chi connectivity index (χ2n) is 7.57. The van der Waals surface area contributed by atoms with Gasteiger partial charge in [-0.1, -0.05) is 48.5 Å². The molecule has 0 spiro atoms. The van der Waals surface area contributed by atoms with Gasteiger partial charge in [-0.15, -0.1) is 0 Å². The SMILES string of the molecule is N=C(N)c1ccc(CNC(=O)[C@@H]2CCN2C(=O)[C@H]2Cc3ccccc3CN2)cc1. The van der Waals surface area contributed by atoms with Gasteiger partial charge in [0, 0.05) is 25.2 Å². The minimum atomic E-state index is -0.405. The van der Waals surface area contributed by atoms with Crippen molar-refractivity contribution in [3.63, 3.8) is 0 Å². The van der Waals surface area contributed by atoms with Gasteiger partial charge in [-0.2, -0.15) is 0 Å². The van der Waals surface area contributed by atoms with Gasteiger partial charge in [0.05, 0.1) is 6.04 Å². The molecule has 1 saturated heterocycles. The molecule has 0 saturated carbocycles. The van der Waals surface area contributed by atoms with Crippen molar-refractivity contribution in [2.24, 2.45) is 5.73 Å². The molecule has 1 fully saturated rings. The van der Waals surface area contributed by atoms with Crippen molar-refractivity contribution in [1.29, 1.82) is 5.41 Å². The lowest BCUT2D eigenvalue weighted by atomic mass is 9.93. The van der Waals surface area contributed by atoms with Crippen molar-refractivity contribution < 1.29 is 9.59 Å². The molecule has 2 aliphatic heterocycles. The maximum absolute atomic E-state index is 12.9. The molecule has 7 heteroatoms. The zero-order valence-electron chi connectivity index (χ0n) is 16.2. The number of carbonyl (C=O) groups excluding carboxylic acids is 2. The number of nitrogens with two attached hydrogens (primary N) is 1. The Balaban J connectivity index is 1.32. The summed E-state index contributed by atoms with van der Waals surface area (Å²) in [4.78, 5) is 27.2. The summed E-state index contributed by atoms with van der Waals surface area (Å²) in [5.74, 6) is -0.115. The average Bonchev–Trinajstić information content (AvgIpc) is 2.71. The van der Waals surface area contributed by atoms with E-state index in [1.165, 1.54) is 11.1 Å². The molecule has 4 rings (SSSR count). The molecule has 2 aliphatic rings. The number of fused-ring (bicyclic) bond motifs is 1. The van der Waals surface area contributed by atoms with Crippen molar-refractivity contribution >= 4 is 17.6 Å². The second-order valence-corrected chi connectivity index (χ2v) is 7.57. The van der Waals surface area contributed by atoms with Crippen LogP contribution in [0, 0.1) is 5.41 Å². The molecule has 150 valence electrons. The van der Waals surface area contributed by atoms with Gasteiger partial charge in [-0.05, 0) is 29.5 Å². The number of amides is 2. The second kappa shape index (κ2) is 8.05. The molecule has 2 heterocycles. The van der Waals surface area contributed by atoms with E-state index >= 15 is 0 Å². The summed E-state index contributed by atoms with van der Waals surface area (Å²) in [6, 6.07) is 14.7. The molecule has 7 nitrogen and oxygen atoms in total. The van der Waals surface area contributed by atoms with Crippen LogP contribution in [0.15, 0.2) is 48.5 Å². The molecule has 2 atom stereocenters. The van der Waals surface area contributed by atoms with Gasteiger partial charge in [0.15, 0.2) is 0 Å². The third-order valence-corrected chi connectivity index (χ3v) is 5.72. The van der Waals surface area contributed by atoms with Crippen LogP contribution in [0.25, 0.3) is 0 Å². The van der Waals surface area contributed by atoms with Gasteiger partial charge in [0.1, 0.15) is 11.9 Å². The smallest absolute Gasteiger partial charge is 0.243 e. The third-order valence-electron chi connectivity index (χ3n) is 5.72. The number of hydrogen-bond donors (Lipinski definition) is 4. The first-order valence-corrected chi connectivity index (χ1v) is 9.84. The van der Waals surface area contributed by atoms with Crippen molar-refractivity contribution in [2.75, 3.05) is 6.54 Å². The van der Waals surface area contributed by atoms with Crippen LogP contribution in [-0.4, -0.2) is 41.2 Å². The van der Waals surface area contributed by atoms with Gasteiger partial charge in [-0.3, -0.25) is 15.0 Å². The minimum absolute atomic E-state index is 0.00304. The topological polar surface area (TPSA) is 111 Å². The number of likely N-dealkylation sites (tertiary alicyclic amines) is 1. The zero-order chi connectivity index (χ0) is 20.4. The van der Waals surface area contributed by atoms with Crippen LogP contribution < -0.4 is 16.4 Å². The lowest BCUT2D eigenvalue weighted by Crippen LogP contribution is -2.62. The normalized spacial score (nSPS) is 20.3. The molecular formula is C22H25N5O2. The largest absolute Gasteiger partial charge is 0.384 e. The Morgan fingerprint density at radius 1 is 1.14 bits per heavy atom. The number of amidine groups is 1. The molecular weight excluding hydrogens is 366 g/mol. The molecule has 0 aromatic heterocycles. The van der Waals surface area contributed by atoms with Crippen LogP contribution in [0.2, 0.25) is 0 Å². The maximum atomic E-state index is 12.9. The summed E-state index contributed by atoms with van der Waals surface area (Å²) in [6.45, 7) is 1.67. The number of rotatable bonds is 5. The Labute approximate surface area is 169 Å². The number of nitrogens with one attached hydrogen (secondary N) is 3. The Bertz CT molecular complexity index is 940. The van der Waals surface area contributed by atoms with E-state index in [2.05, 4.69) is 22.8 Å². The van der Waals surface area contributed by atoms with E-state index in [4.69, 9.17) is 11.1 Å². The van der Waals surface area contributed by atoms with E-state index in [0.717, 1.165) is 5.56 Å². The molecule has 5 N–H and O–H groups in total. The van der Waals surface area contributed by atoms with E-state index in [9.17, 15) is 9.59 Å². The fraction of sp³-hybridized carbons (Fsp3) is 0.318. The number of nitrogens with zero attached hydrogens (tertiary/aromatic N) is 1. The lowest BCUT2D eigenvalue weighted by Gasteiger charge is -2.42. The fourth-order valence-electron chi connectivity index (χ4n) is 3.86. The van der Waals surface area contributed by atoms with Gasteiger partial charge in [0.25, 0.3) is 0 Å². The van der Waals surface area contributed by atoms with E-state index in [1.54, 1.807) is 17.0 Å². The van der Waals surface area contributed by atoms with Crippen LogP contribution in [0.3, 0.4) is 0 Å². The molecule has 2 aromatic carbocycles. The van der Waals surface area contributed by atoms with Crippen LogP contribution in [0.1, 0.15) is 28.7 Å². The molecule has 2 amide bonds. The summed E-state index contributed by atoms with van der Waals surface area (Å²) < 4.78 is 0. The summed E-state index contributed by atoms with van der Waals surface area (Å²) >= 11 is 0. The third kappa shape index (κ3) is 4.00. The average molecular weight is 391 g/mol. The quantitative estimate of drug-likeness (QED) is 0.448. The summed E-state index contributed by atoms with van der Waals surface area (Å²) in [6.07, 6.45) is 1.34. The highest BCUT2D eigenvalue weighted by Crippen LogP contribution is 2.23.